The van der Waals surface area contributed by atoms with E-state index in [1.165, 1.54) is 37.7 Å². The maximum Gasteiger partial charge on any atom is 0.124 e. The summed E-state index contributed by atoms with van der Waals surface area (Å²) in [6.45, 7) is 2.24. The molecule has 3 nitrogen and oxygen atoms in total. The Morgan fingerprint density at radius 2 is 2.00 bits per heavy atom. The Morgan fingerprint density at radius 1 is 1.20 bits per heavy atom. The summed E-state index contributed by atoms with van der Waals surface area (Å²) in [6.07, 6.45) is 7.45. The van der Waals surface area contributed by atoms with Gasteiger partial charge >= 0.3 is 0 Å². The molecule has 1 heterocycles. The molecule has 0 spiro atoms. The molecule has 3 rings (SSSR count). The van der Waals surface area contributed by atoms with Crippen molar-refractivity contribution in [3.05, 3.63) is 29.8 Å². The highest BCUT2D eigenvalue weighted by molar-refractivity contribution is 5.40. The molecule has 2 fully saturated rings. The lowest BCUT2D eigenvalue weighted by molar-refractivity contribution is 0.138. The fourth-order valence-electron chi connectivity index (χ4n) is 3.60. The van der Waals surface area contributed by atoms with Crippen molar-refractivity contribution in [2.75, 3.05) is 19.8 Å². The zero-order valence-corrected chi connectivity index (χ0v) is 12.1. The lowest BCUT2D eigenvalue weighted by Crippen LogP contribution is -2.37. The number of para-hydroxylation sites is 1. The van der Waals surface area contributed by atoms with Crippen LogP contribution >= 0.6 is 0 Å². The van der Waals surface area contributed by atoms with Crippen LogP contribution in [0.25, 0.3) is 0 Å². The van der Waals surface area contributed by atoms with Gasteiger partial charge in [-0.25, -0.2) is 0 Å². The molecule has 1 aliphatic heterocycles. The van der Waals surface area contributed by atoms with Crippen molar-refractivity contribution >= 4 is 0 Å². The van der Waals surface area contributed by atoms with Gasteiger partial charge in [0.15, 0.2) is 0 Å². The zero-order chi connectivity index (χ0) is 13.8. The Labute approximate surface area is 121 Å². The van der Waals surface area contributed by atoms with Crippen molar-refractivity contribution in [1.29, 1.82) is 0 Å². The summed E-state index contributed by atoms with van der Waals surface area (Å²) >= 11 is 0. The number of nitrogens with two attached hydrogens (primary N) is 1. The minimum Gasteiger partial charge on any atom is -0.488 e. The van der Waals surface area contributed by atoms with Crippen molar-refractivity contribution in [1.82, 2.24) is 0 Å². The van der Waals surface area contributed by atoms with E-state index in [0.717, 1.165) is 18.8 Å². The maximum absolute atomic E-state index is 6.21. The molecule has 0 amide bonds. The van der Waals surface area contributed by atoms with Gasteiger partial charge in [0.25, 0.3) is 0 Å². The highest BCUT2D eigenvalue weighted by Gasteiger charge is 2.35. The van der Waals surface area contributed by atoms with E-state index in [0.29, 0.717) is 13.2 Å². The highest BCUT2D eigenvalue weighted by atomic mass is 16.5. The molecule has 1 saturated carbocycles. The number of hydrogen-bond acceptors (Lipinski definition) is 3. The second-order valence-electron chi connectivity index (χ2n) is 6.14. The van der Waals surface area contributed by atoms with Crippen molar-refractivity contribution in [3.8, 4) is 5.75 Å². The molecule has 1 saturated heterocycles. The van der Waals surface area contributed by atoms with Crippen LogP contribution in [0.4, 0.5) is 0 Å². The van der Waals surface area contributed by atoms with Crippen molar-refractivity contribution in [2.24, 2.45) is 5.73 Å². The number of rotatable bonds is 4. The Kier molecular flexibility index (Phi) is 4.27. The van der Waals surface area contributed by atoms with Crippen LogP contribution in [-0.4, -0.2) is 25.9 Å². The van der Waals surface area contributed by atoms with Crippen LogP contribution in [0, 0.1) is 0 Å². The Bertz CT molecular complexity index is 434. The Balaban J connectivity index is 1.87. The minimum atomic E-state index is 0.119. The molecule has 2 N–H and O–H groups in total. The van der Waals surface area contributed by atoms with Gasteiger partial charge in [0.1, 0.15) is 11.9 Å². The fraction of sp³-hybridized carbons (Fsp3) is 0.647. The molecule has 1 atom stereocenters. The van der Waals surface area contributed by atoms with Crippen molar-refractivity contribution in [3.63, 3.8) is 0 Å². The van der Waals surface area contributed by atoms with E-state index in [1.54, 1.807) is 0 Å². The van der Waals surface area contributed by atoms with E-state index in [4.69, 9.17) is 15.2 Å². The zero-order valence-electron chi connectivity index (χ0n) is 12.1. The third-order valence-corrected chi connectivity index (χ3v) is 4.84. The summed E-state index contributed by atoms with van der Waals surface area (Å²) < 4.78 is 11.6. The van der Waals surface area contributed by atoms with Crippen LogP contribution in [0.15, 0.2) is 24.3 Å². The van der Waals surface area contributed by atoms with E-state index in [1.807, 2.05) is 0 Å². The van der Waals surface area contributed by atoms with Gasteiger partial charge in [-0.15, -0.1) is 0 Å². The van der Waals surface area contributed by atoms with Crippen LogP contribution in [0.3, 0.4) is 0 Å². The van der Waals surface area contributed by atoms with Crippen LogP contribution in [0.2, 0.25) is 0 Å². The van der Waals surface area contributed by atoms with Crippen molar-refractivity contribution < 1.29 is 9.47 Å². The van der Waals surface area contributed by atoms with Gasteiger partial charge in [-0.05, 0) is 18.9 Å². The number of ether oxygens (including phenoxy) is 2. The average Bonchev–Trinajstić information content (AvgIpc) is 3.01. The third kappa shape index (κ3) is 2.70. The van der Waals surface area contributed by atoms with E-state index in [9.17, 15) is 0 Å². The molecule has 1 unspecified atom stereocenters. The van der Waals surface area contributed by atoms with Gasteiger partial charge in [0.2, 0.25) is 0 Å². The second kappa shape index (κ2) is 6.15. The highest BCUT2D eigenvalue weighted by Crippen LogP contribution is 2.42. The molecule has 1 aromatic rings. The smallest absolute Gasteiger partial charge is 0.124 e. The lowest BCUT2D eigenvalue weighted by Gasteiger charge is -2.38. The largest absolute Gasteiger partial charge is 0.488 e. The molecule has 20 heavy (non-hydrogen) atoms. The molecule has 0 radical (unpaired) electrons. The third-order valence-electron chi connectivity index (χ3n) is 4.84. The number of benzene rings is 1. The van der Waals surface area contributed by atoms with Gasteiger partial charge in [0, 0.05) is 23.9 Å². The molecular formula is C17H25NO2. The van der Waals surface area contributed by atoms with E-state index < -0.39 is 0 Å². The van der Waals surface area contributed by atoms with Crippen LogP contribution in [-0.2, 0) is 10.2 Å². The maximum atomic E-state index is 6.21. The van der Waals surface area contributed by atoms with Gasteiger partial charge < -0.3 is 15.2 Å². The second-order valence-corrected chi connectivity index (χ2v) is 6.14. The summed E-state index contributed by atoms with van der Waals surface area (Å²) in [5, 5.41) is 0. The first-order valence-corrected chi connectivity index (χ1v) is 7.88. The predicted molar refractivity (Wildman–Crippen MR) is 80.1 cm³/mol. The Morgan fingerprint density at radius 3 is 2.70 bits per heavy atom. The van der Waals surface area contributed by atoms with Crippen molar-refractivity contribution in [2.45, 2.75) is 50.0 Å². The Hall–Kier alpha value is -1.06. The first kappa shape index (κ1) is 13.9. The molecule has 2 aliphatic rings. The van der Waals surface area contributed by atoms with Crippen LogP contribution in [0.5, 0.6) is 5.75 Å². The average molecular weight is 275 g/mol. The normalized spacial score (nSPS) is 25.6. The monoisotopic (exact) mass is 275 g/mol. The quantitative estimate of drug-likeness (QED) is 0.918. The summed E-state index contributed by atoms with van der Waals surface area (Å²) in [6, 6.07) is 8.48. The predicted octanol–water partition coefficient (Wildman–Crippen LogP) is 3.01. The van der Waals surface area contributed by atoms with E-state index >= 15 is 0 Å². The van der Waals surface area contributed by atoms with Gasteiger partial charge in [-0.2, -0.15) is 0 Å². The van der Waals surface area contributed by atoms with Gasteiger partial charge in [0.05, 0.1) is 13.2 Å². The molecule has 1 aliphatic carbocycles. The molecule has 3 heteroatoms. The summed E-state index contributed by atoms with van der Waals surface area (Å²) in [7, 11) is 0. The molecule has 0 aromatic heterocycles. The molecule has 1 aromatic carbocycles. The lowest BCUT2D eigenvalue weighted by atomic mass is 9.69. The number of hydrogen-bond donors (Lipinski definition) is 1. The van der Waals surface area contributed by atoms with Gasteiger partial charge in [-0.1, -0.05) is 37.5 Å². The topological polar surface area (TPSA) is 44.5 Å². The first-order chi connectivity index (χ1) is 9.84. The van der Waals surface area contributed by atoms with Crippen LogP contribution < -0.4 is 10.5 Å². The van der Waals surface area contributed by atoms with Crippen LogP contribution in [0.1, 0.15) is 44.1 Å². The fourth-order valence-corrected chi connectivity index (χ4v) is 3.60. The SMILES string of the molecule is NCC1(c2ccccc2OC2CCOC2)CCCCC1. The summed E-state index contributed by atoms with van der Waals surface area (Å²) in [5.41, 5.74) is 7.60. The van der Waals surface area contributed by atoms with Gasteiger partial charge in [-0.3, -0.25) is 0 Å². The summed E-state index contributed by atoms with van der Waals surface area (Å²) in [4.78, 5) is 0. The minimum absolute atomic E-state index is 0.119. The standard InChI is InChI=1S/C17H25NO2/c18-13-17(9-4-1-5-10-17)15-6-2-3-7-16(15)20-14-8-11-19-12-14/h2-3,6-7,14H,1,4-5,8-13,18H2. The summed E-state index contributed by atoms with van der Waals surface area (Å²) in [5.74, 6) is 1.02. The van der Waals surface area contributed by atoms with E-state index in [-0.39, 0.29) is 11.5 Å². The molecule has 110 valence electrons. The molecular weight excluding hydrogens is 250 g/mol. The molecule has 0 bridgehead atoms. The first-order valence-electron chi connectivity index (χ1n) is 7.88. The van der Waals surface area contributed by atoms with E-state index in [2.05, 4.69) is 24.3 Å².